The van der Waals surface area contributed by atoms with Gasteiger partial charge in [0.1, 0.15) is 50.3 Å². The smallest absolute Gasteiger partial charge is 0.126 e. The third-order valence-corrected chi connectivity index (χ3v) is 4.78. The van der Waals surface area contributed by atoms with Crippen molar-refractivity contribution in [3.8, 4) is 0 Å². The number of ether oxygens (including phenoxy) is 4. The molecule has 0 aromatic carbocycles. The zero-order valence-corrected chi connectivity index (χ0v) is 13.7. The lowest BCUT2D eigenvalue weighted by molar-refractivity contribution is -0.0318. The molecule has 0 amide bonds. The molecule has 2 aliphatic heterocycles. The Morgan fingerprint density at radius 3 is 2.30 bits per heavy atom. The number of aliphatic hydroxyl groups is 4. The van der Waals surface area contributed by atoms with Crippen LogP contribution in [0.2, 0.25) is 0 Å². The van der Waals surface area contributed by atoms with E-state index in [-0.39, 0.29) is 19.7 Å². The fourth-order valence-corrected chi connectivity index (χ4v) is 3.50. The molecule has 0 aromatic rings. The normalized spacial score (nSPS) is 43.7. The molecule has 23 heavy (non-hydrogen) atoms. The van der Waals surface area contributed by atoms with Crippen LogP contribution in [0.15, 0.2) is 0 Å². The molecule has 0 aliphatic carbocycles. The van der Waals surface area contributed by atoms with Gasteiger partial charge in [0.05, 0.1) is 21.0 Å². The SMILES string of the molecule is BB(B[C@@H]1O[C@H](COC)C(O)[C@@H]1O)[C@@H]1O[C@H](CO)C(OC)[C@@H]1O. The van der Waals surface area contributed by atoms with Crippen LogP contribution in [-0.4, -0.2) is 118 Å². The van der Waals surface area contributed by atoms with Crippen LogP contribution in [0.4, 0.5) is 0 Å². The van der Waals surface area contributed by atoms with Crippen molar-refractivity contribution in [1.29, 1.82) is 0 Å². The van der Waals surface area contributed by atoms with Crippen molar-refractivity contribution in [2.75, 3.05) is 27.4 Å². The molecule has 130 valence electrons. The van der Waals surface area contributed by atoms with Crippen molar-refractivity contribution < 1.29 is 39.4 Å². The lowest BCUT2D eigenvalue weighted by atomic mass is 9.07. The van der Waals surface area contributed by atoms with E-state index < -0.39 is 48.6 Å². The Labute approximate surface area is 137 Å². The van der Waals surface area contributed by atoms with Gasteiger partial charge in [0.2, 0.25) is 0 Å². The minimum Gasteiger partial charge on any atom is -0.394 e. The Balaban J connectivity index is 1.95. The van der Waals surface area contributed by atoms with Gasteiger partial charge in [-0.3, -0.25) is 0 Å². The zero-order chi connectivity index (χ0) is 17.1. The summed E-state index contributed by atoms with van der Waals surface area (Å²) in [6.07, 6.45) is -4.62. The second-order valence-corrected chi connectivity index (χ2v) is 6.38. The van der Waals surface area contributed by atoms with E-state index in [2.05, 4.69) is 0 Å². The largest absolute Gasteiger partial charge is 0.394 e. The first kappa shape index (κ1) is 19.2. The third kappa shape index (κ3) is 3.93. The number of aliphatic hydroxyl groups excluding tert-OH is 4. The summed E-state index contributed by atoms with van der Waals surface area (Å²) < 4.78 is 21.5. The van der Waals surface area contributed by atoms with Crippen LogP contribution in [0.25, 0.3) is 0 Å². The predicted octanol–water partition coefficient (Wildman–Crippen LogP) is -4.69. The quantitative estimate of drug-likeness (QED) is 0.344. The van der Waals surface area contributed by atoms with Crippen molar-refractivity contribution in [3.63, 3.8) is 0 Å². The molecule has 8 atom stereocenters. The number of rotatable bonds is 7. The van der Waals surface area contributed by atoms with Gasteiger partial charge < -0.3 is 39.4 Å². The lowest BCUT2D eigenvalue weighted by Gasteiger charge is -2.23. The summed E-state index contributed by atoms with van der Waals surface area (Å²) in [7, 11) is 5.23. The van der Waals surface area contributed by atoms with E-state index in [4.69, 9.17) is 18.9 Å². The molecule has 4 N–H and O–H groups in total. The molecule has 8 nitrogen and oxygen atoms in total. The molecule has 2 unspecified atom stereocenters. The molecule has 2 fully saturated rings. The lowest BCUT2D eigenvalue weighted by Crippen LogP contribution is -2.52. The summed E-state index contributed by atoms with van der Waals surface area (Å²) in [5.74, 6) is 0. The summed E-state index contributed by atoms with van der Waals surface area (Å²) in [6, 6.07) is -1.10. The van der Waals surface area contributed by atoms with E-state index >= 15 is 0 Å². The Bertz CT molecular complexity index is 378. The van der Waals surface area contributed by atoms with Crippen LogP contribution in [-0.2, 0) is 18.9 Å². The van der Waals surface area contributed by atoms with Crippen molar-refractivity contribution >= 4 is 21.4 Å². The van der Waals surface area contributed by atoms with E-state index in [9.17, 15) is 20.4 Å². The molecule has 0 spiro atoms. The zero-order valence-electron chi connectivity index (χ0n) is 13.7. The highest BCUT2D eigenvalue weighted by atomic mass is 16.6. The molecular weight excluding hydrogens is 305 g/mol. The Morgan fingerprint density at radius 1 is 1.09 bits per heavy atom. The maximum Gasteiger partial charge on any atom is 0.126 e. The van der Waals surface area contributed by atoms with Gasteiger partial charge in [-0.1, -0.05) is 0 Å². The van der Waals surface area contributed by atoms with Crippen molar-refractivity contribution in [1.82, 2.24) is 0 Å². The molecule has 2 rings (SSSR count). The van der Waals surface area contributed by atoms with Crippen LogP contribution in [0.3, 0.4) is 0 Å². The molecule has 11 heteroatoms. The van der Waals surface area contributed by atoms with Crippen molar-refractivity contribution in [2.45, 2.75) is 48.6 Å². The van der Waals surface area contributed by atoms with Gasteiger partial charge in [-0.2, -0.15) is 0 Å². The summed E-state index contributed by atoms with van der Waals surface area (Å²) in [6.45, 7) is -0.202. The van der Waals surface area contributed by atoms with E-state index in [1.54, 1.807) is 0 Å². The summed E-state index contributed by atoms with van der Waals surface area (Å²) in [5.41, 5.74) is 0. The highest BCUT2D eigenvalue weighted by molar-refractivity contribution is 7.35. The molecule has 0 saturated carbocycles. The van der Waals surface area contributed by atoms with Crippen molar-refractivity contribution in [2.24, 2.45) is 0 Å². The topological polar surface area (TPSA) is 118 Å². The summed E-state index contributed by atoms with van der Waals surface area (Å²) in [4.78, 5) is 0. The maximum atomic E-state index is 10.3. The summed E-state index contributed by atoms with van der Waals surface area (Å²) in [5, 5.41) is 39.7. The van der Waals surface area contributed by atoms with Gasteiger partial charge in [0.25, 0.3) is 0 Å². The first-order valence-corrected chi connectivity index (χ1v) is 7.92. The second kappa shape index (κ2) is 8.31. The van der Waals surface area contributed by atoms with E-state index in [0.717, 1.165) is 0 Å². The van der Waals surface area contributed by atoms with Gasteiger partial charge in [-0.25, -0.2) is 0 Å². The minimum atomic E-state index is -1.01. The molecule has 0 bridgehead atoms. The third-order valence-electron chi connectivity index (χ3n) is 4.78. The van der Waals surface area contributed by atoms with Crippen LogP contribution in [0.5, 0.6) is 0 Å². The number of methoxy groups -OCH3 is 2. The number of hydrogen-bond acceptors (Lipinski definition) is 8. The fourth-order valence-electron chi connectivity index (χ4n) is 3.50. The standard InChI is InChI=1S/C12H25B3O8/c1-20-4-6-7(17)8(18)11(22-6)14-15(13)12-9(19)10(21-2)5(3-16)23-12/h5-12,14,16-19H,3-4,13H2,1-2H3/t5-,6-,7?,8+,9+,10?,11-,12-/m1/s1. The highest BCUT2D eigenvalue weighted by Gasteiger charge is 2.49. The molecule has 0 radical (unpaired) electrons. The predicted molar refractivity (Wildman–Crippen MR) is 86.5 cm³/mol. The van der Waals surface area contributed by atoms with Crippen LogP contribution in [0, 0.1) is 0 Å². The Hall–Kier alpha value is -0.125. The van der Waals surface area contributed by atoms with Gasteiger partial charge in [0, 0.05) is 26.2 Å². The molecule has 2 heterocycles. The van der Waals surface area contributed by atoms with E-state index in [0.29, 0.717) is 7.17 Å². The van der Waals surface area contributed by atoms with Crippen LogP contribution >= 0.6 is 0 Å². The monoisotopic (exact) mass is 330 g/mol. The van der Waals surface area contributed by atoms with E-state index in [1.807, 2.05) is 7.74 Å². The maximum absolute atomic E-state index is 10.3. The van der Waals surface area contributed by atoms with Crippen LogP contribution in [0.1, 0.15) is 0 Å². The Kier molecular flexibility index (Phi) is 6.94. The average molecular weight is 330 g/mol. The number of hydrogen-bond donors (Lipinski definition) is 4. The fraction of sp³-hybridized carbons (Fsp3) is 1.00. The minimum absolute atomic E-state index is 0.160. The second-order valence-electron chi connectivity index (χ2n) is 6.38. The molecule has 2 aliphatic rings. The molecule has 2 saturated heterocycles. The highest BCUT2D eigenvalue weighted by Crippen LogP contribution is 2.26. The summed E-state index contributed by atoms with van der Waals surface area (Å²) >= 11 is 0. The molecule has 0 aromatic heterocycles. The Morgan fingerprint density at radius 2 is 1.78 bits per heavy atom. The van der Waals surface area contributed by atoms with Gasteiger partial charge in [-0.15, -0.1) is 0 Å². The molecular formula is C12H25B3O8. The van der Waals surface area contributed by atoms with Gasteiger partial charge in [-0.05, 0) is 0 Å². The van der Waals surface area contributed by atoms with E-state index in [1.165, 1.54) is 14.2 Å². The first-order chi connectivity index (χ1) is 10.9. The van der Waals surface area contributed by atoms with Crippen LogP contribution < -0.4 is 0 Å². The first-order valence-electron chi connectivity index (χ1n) is 7.92. The van der Waals surface area contributed by atoms with Crippen molar-refractivity contribution in [3.05, 3.63) is 0 Å². The van der Waals surface area contributed by atoms with Gasteiger partial charge >= 0.3 is 0 Å². The average Bonchev–Trinajstić information content (AvgIpc) is 2.99. The van der Waals surface area contributed by atoms with Gasteiger partial charge in [0.15, 0.2) is 0 Å².